The quantitative estimate of drug-likeness (QED) is 0.583. The zero-order chi connectivity index (χ0) is 19.7. The molecule has 0 amide bonds. The second kappa shape index (κ2) is 7.12. The molecule has 1 aliphatic carbocycles. The summed E-state index contributed by atoms with van der Waals surface area (Å²) in [5.41, 5.74) is 0.532. The van der Waals surface area contributed by atoms with Gasteiger partial charge in [-0.3, -0.25) is 10.1 Å². The van der Waals surface area contributed by atoms with Crippen LogP contribution in [0.1, 0.15) is 25.3 Å². The summed E-state index contributed by atoms with van der Waals surface area (Å²) in [6.45, 7) is 5.53. The van der Waals surface area contributed by atoms with E-state index < -0.39 is 20.6 Å². The maximum atomic E-state index is 13.2. The predicted molar refractivity (Wildman–Crippen MR) is 106 cm³/mol. The second-order valence-corrected chi connectivity index (χ2v) is 9.22. The van der Waals surface area contributed by atoms with E-state index in [-0.39, 0.29) is 22.7 Å². The van der Waals surface area contributed by atoms with E-state index in [4.69, 9.17) is 0 Å². The fourth-order valence-electron chi connectivity index (χ4n) is 3.43. The molecule has 27 heavy (non-hydrogen) atoms. The van der Waals surface area contributed by atoms with E-state index in [9.17, 15) is 18.5 Å². The van der Waals surface area contributed by atoms with E-state index in [1.807, 2.05) is 30.3 Å². The molecule has 5 nitrogen and oxygen atoms in total. The van der Waals surface area contributed by atoms with Crippen LogP contribution in [0, 0.1) is 10.1 Å². The van der Waals surface area contributed by atoms with Gasteiger partial charge in [0.25, 0.3) is 0 Å². The largest absolute Gasteiger partial charge is 0.264 e. The third-order valence-electron chi connectivity index (χ3n) is 5.03. The maximum absolute atomic E-state index is 13.2. The fraction of sp³-hybridized carbons (Fsp3) is 0.238. The fourth-order valence-corrected chi connectivity index (χ4v) is 5.40. The summed E-state index contributed by atoms with van der Waals surface area (Å²) in [5.74, 6) is 0. The molecule has 2 aromatic carbocycles. The molecule has 1 saturated carbocycles. The Morgan fingerprint density at radius 2 is 1.67 bits per heavy atom. The smallest absolute Gasteiger partial charge is 0.225 e. The lowest BCUT2D eigenvalue weighted by atomic mass is 9.77. The molecule has 0 saturated heterocycles. The van der Waals surface area contributed by atoms with Crippen molar-refractivity contribution in [2.45, 2.75) is 35.4 Å². The lowest BCUT2D eigenvalue weighted by molar-refractivity contribution is -0.566. The summed E-state index contributed by atoms with van der Waals surface area (Å²) in [6.07, 6.45) is 1.85. The topological polar surface area (TPSA) is 77.3 Å². The van der Waals surface area contributed by atoms with Gasteiger partial charge in [0.15, 0.2) is 9.84 Å². The van der Waals surface area contributed by atoms with Crippen molar-refractivity contribution in [1.82, 2.24) is 0 Å². The van der Waals surface area contributed by atoms with Crippen LogP contribution in [0.25, 0.3) is 6.08 Å². The lowest BCUT2D eigenvalue weighted by Gasteiger charge is -2.34. The molecule has 2 aromatic rings. The maximum Gasteiger partial charge on any atom is 0.225 e. The van der Waals surface area contributed by atoms with E-state index >= 15 is 0 Å². The summed E-state index contributed by atoms with van der Waals surface area (Å²) < 4.78 is 26.4. The molecule has 2 atom stereocenters. The Kier molecular flexibility index (Phi) is 5.02. The van der Waals surface area contributed by atoms with Crippen LogP contribution >= 0.6 is 0 Å². The van der Waals surface area contributed by atoms with Crippen molar-refractivity contribution >= 4 is 15.9 Å². The van der Waals surface area contributed by atoms with E-state index in [2.05, 4.69) is 6.58 Å². The van der Waals surface area contributed by atoms with Crippen molar-refractivity contribution in [2.24, 2.45) is 0 Å². The van der Waals surface area contributed by atoms with Gasteiger partial charge in [-0.15, -0.1) is 0 Å². The van der Waals surface area contributed by atoms with Gasteiger partial charge in [0, 0.05) is 24.7 Å². The standard InChI is InChI=1S/C21H21NO4S/c1-16-18(13-17-9-5-3-6-10-17)14-21(2,22(23)24)15-20(16)27(25,26)19-11-7-4-8-12-19/h3-13,20H,1,14-15H2,2H3/b18-13+. The molecule has 0 aromatic heterocycles. The highest BCUT2D eigenvalue weighted by Gasteiger charge is 2.50. The third-order valence-corrected chi connectivity index (χ3v) is 7.15. The molecule has 0 radical (unpaired) electrons. The molecule has 3 rings (SSSR count). The zero-order valence-corrected chi connectivity index (χ0v) is 15.9. The first-order valence-electron chi connectivity index (χ1n) is 8.62. The van der Waals surface area contributed by atoms with Crippen molar-refractivity contribution < 1.29 is 13.3 Å². The highest BCUT2D eigenvalue weighted by molar-refractivity contribution is 7.92. The number of nitrogens with zero attached hydrogens (tertiary/aromatic N) is 1. The van der Waals surface area contributed by atoms with Crippen LogP contribution < -0.4 is 0 Å². The van der Waals surface area contributed by atoms with E-state index in [1.165, 1.54) is 19.1 Å². The Labute approximate surface area is 159 Å². The molecular formula is C21H21NO4S. The molecule has 0 N–H and O–H groups in total. The molecule has 1 fully saturated rings. The van der Waals surface area contributed by atoms with Crippen LogP contribution in [-0.4, -0.2) is 24.1 Å². The van der Waals surface area contributed by atoms with Gasteiger partial charge in [-0.2, -0.15) is 0 Å². The van der Waals surface area contributed by atoms with Gasteiger partial charge >= 0.3 is 0 Å². The lowest BCUT2D eigenvalue weighted by Crippen LogP contribution is -2.46. The van der Waals surface area contributed by atoms with Crippen molar-refractivity contribution in [3.05, 3.63) is 94.1 Å². The molecule has 0 aliphatic heterocycles. The molecule has 140 valence electrons. The van der Waals surface area contributed by atoms with Crippen LogP contribution in [0.15, 0.2) is 83.3 Å². The number of rotatable bonds is 4. The summed E-state index contributed by atoms with van der Waals surface area (Å²) in [6, 6.07) is 17.4. The van der Waals surface area contributed by atoms with Gasteiger partial charge in [-0.25, -0.2) is 8.42 Å². The number of hydrogen-bond donors (Lipinski definition) is 0. The highest BCUT2D eigenvalue weighted by Crippen LogP contribution is 2.42. The van der Waals surface area contributed by atoms with Crippen LogP contribution in [0.3, 0.4) is 0 Å². The third kappa shape index (κ3) is 3.71. The minimum absolute atomic E-state index is 0.0950. The molecular weight excluding hydrogens is 362 g/mol. The predicted octanol–water partition coefficient (Wildman–Crippen LogP) is 4.30. The van der Waals surface area contributed by atoms with E-state index in [0.29, 0.717) is 11.1 Å². The van der Waals surface area contributed by atoms with Gasteiger partial charge in [0.1, 0.15) is 0 Å². The average molecular weight is 383 g/mol. The van der Waals surface area contributed by atoms with Gasteiger partial charge in [-0.05, 0) is 28.8 Å². The first kappa shape index (κ1) is 19.0. The monoisotopic (exact) mass is 383 g/mol. The first-order valence-corrected chi connectivity index (χ1v) is 10.2. The number of benzene rings is 2. The van der Waals surface area contributed by atoms with Gasteiger partial charge < -0.3 is 0 Å². The van der Waals surface area contributed by atoms with Crippen LogP contribution in [0.4, 0.5) is 0 Å². The molecule has 6 heteroatoms. The average Bonchev–Trinajstić information content (AvgIpc) is 2.66. The van der Waals surface area contributed by atoms with Crippen LogP contribution in [-0.2, 0) is 9.84 Å². The number of hydrogen-bond acceptors (Lipinski definition) is 4. The second-order valence-electron chi connectivity index (χ2n) is 7.09. The molecule has 1 aliphatic rings. The van der Waals surface area contributed by atoms with Crippen molar-refractivity contribution in [3.63, 3.8) is 0 Å². The highest BCUT2D eigenvalue weighted by atomic mass is 32.2. The number of sulfone groups is 1. The summed E-state index contributed by atoms with van der Waals surface area (Å²) in [7, 11) is -3.79. The van der Waals surface area contributed by atoms with E-state index in [0.717, 1.165) is 5.56 Å². The van der Waals surface area contributed by atoms with Crippen molar-refractivity contribution in [2.75, 3.05) is 0 Å². The molecule has 2 unspecified atom stereocenters. The zero-order valence-electron chi connectivity index (χ0n) is 15.0. The van der Waals surface area contributed by atoms with Crippen molar-refractivity contribution in [1.29, 1.82) is 0 Å². The Bertz CT molecular complexity index is 997. The van der Waals surface area contributed by atoms with Gasteiger partial charge in [-0.1, -0.05) is 61.2 Å². The summed E-state index contributed by atoms with van der Waals surface area (Å²) in [4.78, 5) is 11.5. The normalized spacial score (nSPS) is 24.7. The molecule has 0 spiro atoms. The number of nitro groups is 1. The molecule has 0 heterocycles. The Balaban J connectivity index is 2.10. The summed E-state index contributed by atoms with van der Waals surface area (Å²) >= 11 is 0. The molecule has 0 bridgehead atoms. The Morgan fingerprint density at radius 1 is 1.11 bits per heavy atom. The van der Waals surface area contributed by atoms with Crippen LogP contribution in [0.2, 0.25) is 0 Å². The SMILES string of the molecule is C=C1/C(=C/c2ccccc2)CC(C)([N+](=O)[O-])CC1S(=O)(=O)c1ccccc1. The first-order chi connectivity index (χ1) is 12.7. The Morgan fingerprint density at radius 3 is 2.22 bits per heavy atom. The van der Waals surface area contributed by atoms with E-state index in [1.54, 1.807) is 24.3 Å². The van der Waals surface area contributed by atoms with Gasteiger partial charge in [0.05, 0.1) is 10.1 Å². The minimum Gasteiger partial charge on any atom is -0.264 e. The van der Waals surface area contributed by atoms with Crippen LogP contribution in [0.5, 0.6) is 0 Å². The summed E-state index contributed by atoms with van der Waals surface area (Å²) in [5, 5.41) is 10.7. The minimum atomic E-state index is -3.79. The van der Waals surface area contributed by atoms with Crippen molar-refractivity contribution in [3.8, 4) is 0 Å². The Hall–Kier alpha value is -2.73. The van der Waals surface area contributed by atoms with Gasteiger partial charge in [0.2, 0.25) is 5.54 Å².